The van der Waals surface area contributed by atoms with Gasteiger partial charge in [0.1, 0.15) is 0 Å². The van der Waals surface area contributed by atoms with Crippen molar-refractivity contribution in [1.82, 2.24) is 0 Å². The van der Waals surface area contributed by atoms with Crippen LogP contribution in [0.25, 0.3) is 5.53 Å². The number of carbonyl (C=O) groups is 1. The highest BCUT2D eigenvalue weighted by Crippen LogP contribution is 2.05. The minimum absolute atomic E-state index is 0.0384. The van der Waals surface area contributed by atoms with Crippen LogP contribution < -0.4 is 0 Å². The highest BCUT2D eigenvalue weighted by molar-refractivity contribution is 6.66. The lowest BCUT2D eigenvalue weighted by molar-refractivity contribution is -0.135. The summed E-state index contributed by atoms with van der Waals surface area (Å²) >= 11 is 0. The second kappa shape index (κ2) is 8.31. The van der Waals surface area contributed by atoms with Gasteiger partial charge in [-0.3, -0.25) is 0 Å². The summed E-state index contributed by atoms with van der Waals surface area (Å²) in [7, 11) is 0. The first-order valence-electron chi connectivity index (χ1n) is 6.29. The van der Waals surface area contributed by atoms with E-state index in [1.807, 2.05) is 0 Å². The maximum Gasteiger partial charge on any atom is 0.436 e. The van der Waals surface area contributed by atoms with Crippen molar-refractivity contribution in [2.45, 2.75) is 45.4 Å². The topological polar surface area (TPSA) is 87.4 Å². The molecular weight excluding hydrogens is 232 g/mol. The van der Waals surface area contributed by atoms with Gasteiger partial charge >= 0.3 is 11.8 Å². The van der Waals surface area contributed by atoms with Gasteiger partial charge < -0.3 is 15.1 Å². The summed E-state index contributed by atoms with van der Waals surface area (Å²) in [6, 6.07) is 0. The first-order valence-corrected chi connectivity index (χ1v) is 6.29. The summed E-state index contributed by atoms with van der Waals surface area (Å²) in [6.45, 7) is 2.54. The summed E-state index contributed by atoms with van der Waals surface area (Å²) in [6.07, 6.45) is 7.93. The van der Waals surface area contributed by atoms with Crippen molar-refractivity contribution >= 4 is 23.9 Å². The molecule has 6 heteroatoms. The highest BCUT2D eigenvalue weighted by Gasteiger charge is 2.30. The fourth-order valence-corrected chi connectivity index (χ4v) is 1.59. The molecule has 6 nitrogen and oxygen atoms in total. The molecule has 0 aromatic heterocycles. The van der Waals surface area contributed by atoms with Crippen LogP contribution in [0.3, 0.4) is 0 Å². The zero-order valence-corrected chi connectivity index (χ0v) is 10.6. The molecule has 98 valence electrons. The number of rotatable bonds is 8. The van der Waals surface area contributed by atoms with E-state index >= 15 is 0 Å². The molecule has 0 radical (unpaired) electrons. The van der Waals surface area contributed by atoms with Crippen LogP contribution >= 0.6 is 0 Å². The lowest BCUT2D eigenvalue weighted by Crippen LogP contribution is -2.24. The number of unbranched alkanes of at least 4 members (excludes halogenated alkanes) is 5. The molecule has 0 amide bonds. The third-order valence-electron chi connectivity index (χ3n) is 2.60. The number of ether oxygens (including phenoxy) is 1. The molecule has 0 spiro atoms. The molecule has 1 aliphatic heterocycles. The lowest BCUT2D eigenvalue weighted by Gasteiger charge is -2.02. The lowest BCUT2D eigenvalue weighted by atomic mass is 10.1. The van der Waals surface area contributed by atoms with Crippen LogP contribution in [0.5, 0.6) is 0 Å². The van der Waals surface area contributed by atoms with Gasteiger partial charge in [-0.05, 0) is 11.4 Å². The van der Waals surface area contributed by atoms with Gasteiger partial charge in [0.25, 0.3) is 5.71 Å². The molecule has 0 atom stereocenters. The average Bonchev–Trinajstić information content (AvgIpc) is 2.85. The van der Waals surface area contributed by atoms with Crippen molar-refractivity contribution in [3.8, 4) is 0 Å². The molecule has 0 saturated heterocycles. The SMILES string of the molecule is CCCCCCCCOC(=O)C1=NC=NC1=[N+]=[N-]. The average molecular weight is 250 g/mol. The summed E-state index contributed by atoms with van der Waals surface area (Å²) < 4.78 is 5.02. The first kappa shape index (κ1) is 14.3. The molecule has 0 saturated carbocycles. The Labute approximate surface area is 106 Å². The zero-order chi connectivity index (χ0) is 13.2. The van der Waals surface area contributed by atoms with Crippen molar-refractivity contribution in [3.05, 3.63) is 5.53 Å². The van der Waals surface area contributed by atoms with Crippen LogP contribution in [0.2, 0.25) is 0 Å². The Kier molecular flexibility index (Phi) is 6.58. The number of carbonyl (C=O) groups excluding carboxylic acids is 1. The van der Waals surface area contributed by atoms with Crippen LogP contribution in [0.15, 0.2) is 9.98 Å². The van der Waals surface area contributed by atoms with Crippen molar-refractivity contribution in [1.29, 1.82) is 0 Å². The van der Waals surface area contributed by atoms with Gasteiger partial charge in [-0.1, -0.05) is 39.0 Å². The number of aliphatic imine (C=N–C) groups is 2. The van der Waals surface area contributed by atoms with Crippen LogP contribution in [0, 0.1) is 0 Å². The number of esters is 1. The van der Waals surface area contributed by atoms with E-state index in [0.29, 0.717) is 6.61 Å². The van der Waals surface area contributed by atoms with E-state index in [-0.39, 0.29) is 11.5 Å². The molecule has 0 aromatic carbocycles. The maximum absolute atomic E-state index is 11.5. The second-order valence-electron chi connectivity index (χ2n) is 4.05. The van der Waals surface area contributed by atoms with Crippen molar-refractivity contribution in [3.63, 3.8) is 0 Å². The number of amidine groups is 1. The molecule has 0 aromatic rings. The zero-order valence-electron chi connectivity index (χ0n) is 10.6. The Morgan fingerprint density at radius 3 is 2.78 bits per heavy atom. The summed E-state index contributed by atoms with van der Waals surface area (Å²) in [5, 5.41) is 0. The summed E-state index contributed by atoms with van der Waals surface area (Å²) in [5.74, 6) is -0.684. The van der Waals surface area contributed by atoms with Gasteiger partial charge in [0.05, 0.1) is 6.61 Å². The third-order valence-corrected chi connectivity index (χ3v) is 2.60. The minimum atomic E-state index is -0.589. The molecule has 18 heavy (non-hydrogen) atoms. The van der Waals surface area contributed by atoms with E-state index in [1.54, 1.807) is 0 Å². The summed E-state index contributed by atoms with van der Waals surface area (Å²) in [4.78, 5) is 21.7. The van der Waals surface area contributed by atoms with E-state index in [9.17, 15) is 4.79 Å². The highest BCUT2D eigenvalue weighted by atomic mass is 16.5. The van der Waals surface area contributed by atoms with Crippen LogP contribution in [0.1, 0.15) is 45.4 Å². The Morgan fingerprint density at radius 2 is 2.06 bits per heavy atom. The van der Waals surface area contributed by atoms with E-state index in [0.717, 1.165) is 19.2 Å². The predicted octanol–water partition coefficient (Wildman–Crippen LogP) is 2.00. The van der Waals surface area contributed by atoms with Crippen molar-refractivity contribution < 1.29 is 14.3 Å². The third kappa shape index (κ3) is 4.59. The van der Waals surface area contributed by atoms with Gasteiger partial charge in [0.15, 0.2) is 0 Å². The molecule has 0 bridgehead atoms. The minimum Gasteiger partial charge on any atom is -0.497 e. The van der Waals surface area contributed by atoms with Gasteiger partial charge in [-0.15, -0.1) is 0 Å². The molecule has 1 heterocycles. The number of nitrogens with zero attached hydrogens (tertiary/aromatic N) is 4. The number of hydrogen-bond acceptors (Lipinski definition) is 3. The Bertz CT molecular complexity index is 395. The molecule has 0 fully saturated rings. The molecular formula is C12H18N4O2. The molecule has 1 aliphatic rings. The van der Waals surface area contributed by atoms with Crippen molar-refractivity contribution in [2.75, 3.05) is 6.61 Å². The molecule has 1 rings (SSSR count). The second-order valence-corrected chi connectivity index (χ2v) is 4.05. The van der Waals surface area contributed by atoms with Crippen LogP contribution in [-0.2, 0) is 9.53 Å². The maximum atomic E-state index is 11.5. The fourth-order valence-electron chi connectivity index (χ4n) is 1.59. The monoisotopic (exact) mass is 250 g/mol. The smallest absolute Gasteiger partial charge is 0.436 e. The van der Waals surface area contributed by atoms with Crippen LogP contribution in [-0.4, -0.2) is 35.3 Å². The van der Waals surface area contributed by atoms with Crippen molar-refractivity contribution in [2.24, 2.45) is 9.98 Å². The first-order chi connectivity index (χ1) is 8.79. The summed E-state index contributed by atoms with van der Waals surface area (Å²) in [5.41, 5.74) is 8.52. The van der Waals surface area contributed by atoms with E-state index < -0.39 is 5.97 Å². The Balaban J connectivity index is 2.13. The predicted molar refractivity (Wildman–Crippen MR) is 68.9 cm³/mol. The Hall–Kier alpha value is -1.81. The molecule has 0 unspecified atom stereocenters. The normalized spacial score (nSPS) is 13.4. The quantitative estimate of drug-likeness (QED) is 0.285. The van der Waals surface area contributed by atoms with Crippen LogP contribution in [0.4, 0.5) is 0 Å². The Morgan fingerprint density at radius 1 is 1.33 bits per heavy atom. The molecule has 0 N–H and O–H groups in total. The largest absolute Gasteiger partial charge is 0.497 e. The molecule has 0 aliphatic carbocycles. The fraction of sp³-hybridized carbons (Fsp3) is 0.667. The van der Waals surface area contributed by atoms with Gasteiger partial charge in [0.2, 0.25) is 6.34 Å². The van der Waals surface area contributed by atoms with Gasteiger partial charge in [0, 0.05) is 0 Å². The van der Waals surface area contributed by atoms with E-state index in [1.165, 1.54) is 25.7 Å². The van der Waals surface area contributed by atoms with E-state index in [4.69, 9.17) is 10.3 Å². The van der Waals surface area contributed by atoms with E-state index in [2.05, 4.69) is 21.7 Å². The van der Waals surface area contributed by atoms with Gasteiger partial charge in [-0.25, -0.2) is 4.79 Å². The number of hydrogen-bond donors (Lipinski definition) is 0. The van der Waals surface area contributed by atoms with Gasteiger partial charge in [-0.2, -0.15) is 4.99 Å². The standard InChI is InChI=1S/C12H18N4O2/c1-2-3-4-5-6-7-8-18-12(17)10-11(16-13)15-9-14-10/h9H,2-8H2,1H3.